The highest BCUT2D eigenvalue weighted by atomic mass is 16.5. The molecule has 5 aromatic rings. The molecule has 0 unspecified atom stereocenters. The fourth-order valence-corrected chi connectivity index (χ4v) is 4.16. The molecule has 2 N–H and O–H groups in total. The van der Waals surface area contributed by atoms with Gasteiger partial charge in [0.2, 0.25) is 5.89 Å². The van der Waals surface area contributed by atoms with E-state index in [1.165, 1.54) is 11.6 Å². The number of amides is 1. The summed E-state index contributed by atoms with van der Waals surface area (Å²) in [6.45, 7) is 2.86. The lowest BCUT2D eigenvalue weighted by Crippen LogP contribution is -2.34. The summed E-state index contributed by atoms with van der Waals surface area (Å²) >= 11 is 0. The Balaban J connectivity index is 1.76. The zero-order chi connectivity index (χ0) is 25.4. The number of benzene rings is 2. The van der Waals surface area contributed by atoms with Gasteiger partial charge >= 0.3 is 0 Å². The minimum atomic E-state index is -0.492. The number of nitrogens with one attached hydrogen (secondary N) is 2. The van der Waals surface area contributed by atoms with Crippen LogP contribution in [0.5, 0.6) is 5.75 Å². The third-order valence-electron chi connectivity index (χ3n) is 5.90. The van der Waals surface area contributed by atoms with Crippen molar-refractivity contribution in [2.24, 2.45) is 0 Å². The minimum Gasteiger partial charge on any atom is -0.494 e. The maximum Gasteiger partial charge on any atom is 0.286 e. The quantitative estimate of drug-likeness (QED) is 0.363. The van der Waals surface area contributed by atoms with Crippen molar-refractivity contribution in [2.45, 2.75) is 6.92 Å². The summed E-state index contributed by atoms with van der Waals surface area (Å²) in [5.74, 6) is 0.00177. The van der Waals surface area contributed by atoms with E-state index in [9.17, 15) is 9.59 Å². The van der Waals surface area contributed by atoms with Crippen LogP contribution in [0, 0.1) is 6.92 Å². The molecule has 36 heavy (non-hydrogen) atoms. The molecule has 0 aliphatic carbocycles. The number of carbonyl (C=O) groups is 1. The molecule has 0 fully saturated rings. The summed E-state index contributed by atoms with van der Waals surface area (Å²) in [5, 5.41) is 5.95. The van der Waals surface area contributed by atoms with E-state index in [4.69, 9.17) is 14.1 Å². The number of H-pyrrole nitrogens is 1. The maximum absolute atomic E-state index is 13.8. The molecule has 10 nitrogen and oxygen atoms in total. The summed E-state index contributed by atoms with van der Waals surface area (Å²) < 4.78 is 12.7. The van der Waals surface area contributed by atoms with Gasteiger partial charge in [-0.1, -0.05) is 36.4 Å². The number of methoxy groups -OCH3 is 1. The standard InChI is InChI=1S/C26H26N6O4/c1-15-19(16-9-6-5-7-10-16)23-28-22(24(33)27-13-14-31(2)3)20(26(34)32(23)30-15)25-29-21-17(35-4)11-8-12-18(21)36-25/h5-12,30H,13-14H2,1-4H3,(H,27,33). The van der Waals surface area contributed by atoms with Crippen LogP contribution in [0.25, 0.3) is 39.3 Å². The topological polar surface area (TPSA) is 118 Å². The second-order valence-corrected chi connectivity index (χ2v) is 8.66. The number of likely N-dealkylation sites (N-methyl/N-ethyl adjacent to an activating group) is 1. The number of carbonyl (C=O) groups excluding carboxylic acids is 1. The van der Waals surface area contributed by atoms with Gasteiger partial charge in [0, 0.05) is 24.3 Å². The third-order valence-corrected chi connectivity index (χ3v) is 5.90. The van der Waals surface area contributed by atoms with Gasteiger partial charge in [0.1, 0.15) is 17.0 Å². The molecule has 0 atom stereocenters. The Bertz CT molecular complexity index is 1630. The zero-order valence-corrected chi connectivity index (χ0v) is 20.5. The molecular formula is C26H26N6O4. The van der Waals surface area contributed by atoms with Crippen molar-refractivity contribution in [3.05, 3.63) is 70.3 Å². The van der Waals surface area contributed by atoms with Gasteiger partial charge in [-0.05, 0) is 38.7 Å². The van der Waals surface area contributed by atoms with E-state index in [-0.39, 0.29) is 17.1 Å². The Morgan fingerprint density at radius 2 is 1.89 bits per heavy atom. The van der Waals surface area contributed by atoms with Crippen LogP contribution in [-0.4, -0.2) is 64.7 Å². The average Bonchev–Trinajstić information content (AvgIpc) is 3.44. The number of nitrogens with zero attached hydrogens (tertiary/aromatic N) is 4. The van der Waals surface area contributed by atoms with Gasteiger partial charge in [-0.3, -0.25) is 14.7 Å². The zero-order valence-electron chi connectivity index (χ0n) is 20.5. The van der Waals surface area contributed by atoms with E-state index in [1.807, 2.05) is 56.3 Å². The van der Waals surface area contributed by atoms with Gasteiger partial charge in [0.25, 0.3) is 11.5 Å². The van der Waals surface area contributed by atoms with Gasteiger partial charge < -0.3 is 19.4 Å². The van der Waals surface area contributed by atoms with Crippen LogP contribution in [-0.2, 0) is 0 Å². The largest absolute Gasteiger partial charge is 0.494 e. The molecule has 0 aliphatic rings. The molecule has 1 amide bonds. The van der Waals surface area contributed by atoms with Gasteiger partial charge in [-0.2, -0.15) is 0 Å². The summed E-state index contributed by atoms with van der Waals surface area (Å²) in [7, 11) is 5.35. The lowest BCUT2D eigenvalue weighted by molar-refractivity contribution is 0.0946. The molecule has 0 spiro atoms. The van der Waals surface area contributed by atoms with Crippen LogP contribution >= 0.6 is 0 Å². The van der Waals surface area contributed by atoms with Crippen LogP contribution in [0.4, 0.5) is 0 Å². The van der Waals surface area contributed by atoms with Crippen molar-refractivity contribution in [3.63, 3.8) is 0 Å². The molecule has 5 rings (SSSR count). The van der Waals surface area contributed by atoms with Crippen LogP contribution in [0.1, 0.15) is 16.2 Å². The number of rotatable bonds is 7. The van der Waals surface area contributed by atoms with Crippen LogP contribution < -0.4 is 15.6 Å². The fourth-order valence-electron chi connectivity index (χ4n) is 4.16. The molecular weight excluding hydrogens is 460 g/mol. The average molecular weight is 487 g/mol. The maximum atomic E-state index is 13.8. The number of hydrogen-bond acceptors (Lipinski definition) is 7. The van der Waals surface area contributed by atoms with Crippen LogP contribution in [0.15, 0.2) is 57.7 Å². The third kappa shape index (κ3) is 4.01. The fraction of sp³-hybridized carbons (Fsp3) is 0.231. The van der Waals surface area contributed by atoms with E-state index in [2.05, 4.69) is 15.4 Å². The minimum absolute atomic E-state index is 0.00678. The number of aryl methyl sites for hydroxylation is 1. The van der Waals surface area contributed by atoms with Crippen molar-refractivity contribution >= 4 is 22.7 Å². The molecule has 3 heterocycles. The normalized spacial score (nSPS) is 11.5. The monoisotopic (exact) mass is 486 g/mol. The summed E-state index contributed by atoms with van der Waals surface area (Å²) in [6.07, 6.45) is 0. The van der Waals surface area contributed by atoms with E-state index in [1.54, 1.807) is 18.2 Å². The Hall–Kier alpha value is -4.44. The van der Waals surface area contributed by atoms with E-state index >= 15 is 0 Å². The smallest absolute Gasteiger partial charge is 0.286 e. The number of ether oxygens (including phenoxy) is 1. The van der Waals surface area contributed by atoms with E-state index in [0.29, 0.717) is 35.6 Å². The highest BCUT2D eigenvalue weighted by Gasteiger charge is 2.27. The van der Waals surface area contributed by atoms with Crippen molar-refractivity contribution in [2.75, 3.05) is 34.3 Å². The van der Waals surface area contributed by atoms with Crippen molar-refractivity contribution < 1.29 is 13.9 Å². The number of aromatic amines is 1. The number of fused-ring (bicyclic) bond motifs is 2. The number of para-hydroxylation sites is 1. The Kier molecular flexibility index (Phi) is 6.03. The van der Waals surface area contributed by atoms with E-state index in [0.717, 1.165) is 16.8 Å². The molecule has 0 aliphatic heterocycles. The first-order valence-corrected chi connectivity index (χ1v) is 11.5. The molecule has 0 saturated heterocycles. The summed E-state index contributed by atoms with van der Waals surface area (Å²) in [6, 6.07) is 14.8. The molecule has 0 saturated carbocycles. The highest BCUT2D eigenvalue weighted by Crippen LogP contribution is 2.32. The van der Waals surface area contributed by atoms with Crippen molar-refractivity contribution in [3.8, 4) is 28.3 Å². The SMILES string of the molecule is COc1cccc2oc(-c3c(C(=O)NCCN(C)C)nc4c(-c5ccccc5)c(C)[nH]n4c3=O)nc12. The Labute approximate surface area is 206 Å². The number of oxazole rings is 1. The molecule has 2 aromatic carbocycles. The van der Waals surface area contributed by atoms with E-state index < -0.39 is 11.5 Å². The Morgan fingerprint density at radius 3 is 2.61 bits per heavy atom. The van der Waals surface area contributed by atoms with Gasteiger partial charge in [0.05, 0.1) is 7.11 Å². The first-order chi connectivity index (χ1) is 17.4. The Morgan fingerprint density at radius 1 is 1.11 bits per heavy atom. The first kappa shape index (κ1) is 23.3. The predicted octanol–water partition coefficient (Wildman–Crippen LogP) is 3.11. The van der Waals surface area contributed by atoms with Gasteiger partial charge in [-0.25, -0.2) is 14.5 Å². The lowest BCUT2D eigenvalue weighted by Gasteiger charge is -2.11. The summed E-state index contributed by atoms with van der Waals surface area (Å²) in [5.41, 5.74) is 2.99. The first-order valence-electron chi connectivity index (χ1n) is 11.5. The molecule has 10 heteroatoms. The second kappa shape index (κ2) is 9.31. The highest BCUT2D eigenvalue weighted by molar-refractivity contribution is 5.99. The number of hydrogen-bond donors (Lipinski definition) is 2. The van der Waals surface area contributed by atoms with Gasteiger partial charge in [0.15, 0.2) is 16.7 Å². The number of aromatic nitrogens is 4. The van der Waals surface area contributed by atoms with Crippen LogP contribution in [0.3, 0.4) is 0 Å². The predicted molar refractivity (Wildman–Crippen MR) is 136 cm³/mol. The van der Waals surface area contributed by atoms with Crippen LogP contribution in [0.2, 0.25) is 0 Å². The molecule has 0 bridgehead atoms. The van der Waals surface area contributed by atoms with Crippen molar-refractivity contribution in [1.82, 2.24) is 29.8 Å². The molecule has 3 aromatic heterocycles. The second-order valence-electron chi connectivity index (χ2n) is 8.66. The van der Waals surface area contributed by atoms with Crippen molar-refractivity contribution in [1.29, 1.82) is 0 Å². The lowest BCUT2D eigenvalue weighted by atomic mass is 10.1. The molecule has 184 valence electrons. The van der Waals surface area contributed by atoms with Gasteiger partial charge in [-0.15, -0.1) is 0 Å². The summed E-state index contributed by atoms with van der Waals surface area (Å²) in [4.78, 5) is 38.4. The molecule has 0 radical (unpaired) electrons.